The summed E-state index contributed by atoms with van der Waals surface area (Å²) in [6.45, 7) is 6.28. The van der Waals surface area contributed by atoms with E-state index in [2.05, 4.69) is 38.8 Å². The number of benzene rings is 1. The molecule has 7 heteroatoms. The number of guanidine groups is 1. The third-order valence-corrected chi connectivity index (χ3v) is 4.26. The highest BCUT2D eigenvalue weighted by Gasteiger charge is 2.06. The molecule has 1 aromatic carbocycles. The van der Waals surface area contributed by atoms with E-state index >= 15 is 0 Å². The van der Waals surface area contributed by atoms with Gasteiger partial charge in [0.2, 0.25) is 0 Å². The molecule has 0 unspecified atom stereocenters. The van der Waals surface area contributed by atoms with Gasteiger partial charge in [0, 0.05) is 20.1 Å². The fourth-order valence-electron chi connectivity index (χ4n) is 2.52. The first-order chi connectivity index (χ1) is 12.7. The Morgan fingerprint density at radius 3 is 2.65 bits per heavy atom. The molecule has 1 heterocycles. The number of aryl methyl sites for hydroxylation is 1. The van der Waals surface area contributed by atoms with Crippen LogP contribution in [-0.4, -0.2) is 40.9 Å². The summed E-state index contributed by atoms with van der Waals surface area (Å²) in [6, 6.07) is 8.09. The van der Waals surface area contributed by atoms with Gasteiger partial charge >= 0.3 is 0 Å². The van der Waals surface area contributed by atoms with Crippen LogP contribution in [0, 0.1) is 6.92 Å². The summed E-state index contributed by atoms with van der Waals surface area (Å²) in [5.74, 6) is 3.46. The van der Waals surface area contributed by atoms with Crippen LogP contribution < -0.4 is 15.4 Å². The lowest BCUT2D eigenvalue weighted by Gasteiger charge is -2.13. The van der Waals surface area contributed by atoms with Gasteiger partial charge in [0.15, 0.2) is 11.8 Å². The molecule has 1 aromatic heterocycles. The monoisotopic (exact) mass is 358 g/mol. The fourth-order valence-corrected chi connectivity index (χ4v) is 2.52. The van der Waals surface area contributed by atoms with E-state index in [-0.39, 0.29) is 0 Å². The highest BCUT2D eigenvalue weighted by Crippen LogP contribution is 2.17. The van der Waals surface area contributed by atoms with Crippen molar-refractivity contribution in [1.82, 2.24) is 25.4 Å². The van der Waals surface area contributed by atoms with Crippen LogP contribution in [0.5, 0.6) is 5.75 Å². The molecule has 26 heavy (non-hydrogen) atoms. The van der Waals surface area contributed by atoms with Gasteiger partial charge in [-0.25, -0.2) is 4.99 Å². The Morgan fingerprint density at radius 2 is 1.96 bits per heavy atom. The summed E-state index contributed by atoms with van der Waals surface area (Å²) < 4.78 is 7.37. The number of methoxy groups -OCH3 is 1. The number of aromatic nitrogens is 3. The van der Waals surface area contributed by atoms with E-state index in [4.69, 9.17) is 4.74 Å². The van der Waals surface area contributed by atoms with Crippen molar-refractivity contribution in [2.75, 3.05) is 20.2 Å². The number of para-hydroxylation sites is 1. The van der Waals surface area contributed by atoms with E-state index in [0.29, 0.717) is 6.54 Å². The van der Waals surface area contributed by atoms with Crippen molar-refractivity contribution in [3.8, 4) is 5.75 Å². The van der Waals surface area contributed by atoms with Crippen molar-refractivity contribution in [3.05, 3.63) is 41.5 Å². The number of rotatable bonds is 9. The largest absolute Gasteiger partial charge is 0.496 e. The van der Waals surface area contributed by atoms with Gasteiger partial charge in [0.1, 0.15) is 18.1 Å². The maximum atomic E-state index is 5.41. The van der Waals surface area contributed by atoms with Gasteiger partial charge in [0.05, 0.1) is 7.11 Å². The molecule has 0 spiro atoms. The fraction of sp³-hybridized carbons (Fsp3) is 0.526. The second-order valence-corrected chi connectivity index (χ2v) is 6.16. The molecule has 0 aliphatic rings. The second kappa shape index (κ2) is 10.4. The van der Waals surface area contributed by atoms with E-state index in [1.165, 1.54) is 5.56 Å². The zero-order valence-electron chi connectivity index (χ0n) is 16.2. The highest BCUT2D eigenvalue weighted by molar-refractivity contribution is 5.79. The van der Waals surface area contributed by atoms with E-state index in [1.54, 1.807) is 7.11 Å². The van der Waals surface area contributed by atoms with Gasteiger partial charge in [-0.2, -0.15) is 0 Å². The number of nitrogens with one attached hydrogen (secondary N) is 2. The van der Waals surface area contributed by atoms with E-state index in [9.17, 15) is 0 Å². The van der Waals surface area contributed by atoms with Crippen LogP contribution in [0.3, 0.4) is 0 Å². The molecule has 2 aromatic rings. The van der Waals surface area contributed by atoms with Crippen molar-refractivity contribution >= 4 is 5.96 Å². The minimum absolute atomic E-state index is 0.494. The predicted molar refractivity (Wildman–Crippen MR) is 104 cm³/mol. The Hall–Kier alpha value is -2.57. The van der Waals surface area contributed by atoms with Crippen LogP contribution in [0.15, 0.2) is 29.3 Å². The van der Waals surface area contributed by atoms with Gasteiger partial charge in [-0.1, -0.05) is 31.5 Å². The molecule has 0 aliphatic carbocycles. The molecular formula is C19H30N6O. The standard InChI is InChI=1S/C19H30N6O/c1-5-6-12-20-19(22-14-18-24-23-15(2)25(18)3)21-13-11-16-9-7-8-10-17(16)26-4/h7-10H,5-6,11-14H2,1-4H3,(H2,20,21,22). The van der Waals surface area contributed by atoms with Crippen molar-refractivity contribution < 1.29 is 4.74 Å². The molecule has 7 nitrogen and oxygen atoms in total. The first-order valence-corrected chi connectivity index (χ1v) is 9.14. The smallest absolute Gasteiger partial charge is 0.191 e. The van der Waals surface area contributed by atoms with Crippen LogP contribution in [0.1, 0.15) is 37.0 Å². The number of unbranched alkanes of at least 4 members (excludes halogenated alkanes) is 1. The van der Waals surface area contributed by atoms with Gasteiger partial charge < -0.3 is 19.9 Å². The summed E-state index contributed by atoms with van der Waals surface area (Å²) in [6.07, 6.45) is 3.11. The first kappa shape index (κ1) is 19.8. The lowest BCUT2D eigenvalue weighted by molar-refractivity contribution is 0.409. The Balaban J connectivity index is 1.95. The quantitative estimate of drug-likeness (QED) is 0.408. The number of hydrogen-bond donors (Lipinski definition) is 2. The Bertz CT molecular complexity index is 710. The van der Waals surface area contributed by atoms with Gasteiger partial charge in [-0.05, 0) is 31.4 Å². The van der Waals surface area contributed by atoms with Crippen LogP contribution in [0.25, 0.3) is 0 Å². The lowest BCUT2D eigenvalue weighted by atomic mass is 10.1. The Morgan fingerprint density at radius 1 is 1.19 bits per heavy atom. The second-order valence-electron chi connectivity index (χ2n) is 6.16. The normalized spacial score (nSPS) is 11.5. The van der Waals surface area contributed by atoms with Crippen molar-refractivity contribution in [2.45, 2.75) is 39.7 Å². The third kappa shape index (κ3) is 5.75. The van der Waals surface area contributed by atoms with Crippen molar-refractivity contribution in [1.29, 1.82) is 0 Å². The highest BCUT2D eigenvalue weighted by atomic mass is 16.5. The first-order valence-electron chi connectivity index (χ1n) is 9.14. The summed E-state index contributed by atoms with van der Waals surface area (Å²) in [7, 11) is 3.66. The lowest BCUT2D eigenvalue weighted by Crippen LogP contribution is -2.39. The maximum absolute atomic E-state index is 5.41. The number of aliphatic imine (C=N–C) groups is 1. The minimum atomic E-state index is 0.494. The molecule has 142 valence electrons. The van der Waals surface area contributed by atoms with Gasteiger partial charge in [-0.15, -0.1) is 10.2 Å². The van der Waals surface area contributed by atoms with E-state index in [0.717, 1.165) is 55.7 Å². The van der Waals surface area contributed by atoms with Crippen LogP contribution in [0.4, 0.5) is 0 Å². The van der Waals surface area contributed by atoms with Crippen LogP contribution in [0.2, 0.25) is 0 Å². The SMILES string of the molecule is CCCCNC(=NCc1nnc(C)n1C)NCCc1ccccc1OC. The zero-order valence-corrected chi connectivity index (χ0v) is 16.2. The molecule has 2 N–H and O–H groups in total. The van der Waals surface area contributed by atoms with E-state index < -0.39 is 0 Å². The van der Waals surface area contributed by atoms with Crippen molar-refractivity contribution in [3.63, 3.8) is 0 Å². The van der Waals surface area contributed by atoms with E-state index in [1.807, 2.05) is 36.7 Å². The Kier molecular flexibility index (Phi) is 7.92. The predicted octanol–water partition coefficient (Wildman–Crippen LogP) is 2.21. The summed E-state index contributed by atoms with van der Waals surface area (Å²) >= 11 is 0. The minimum Gasteiger partial charge on any atom is -0.496 e. The molecule has 0 amide bonds. The average Bonchev–Trinajstić information content (AvgIpc) is 2.98. The summed E-state index contributed by atoms with van der Waals surface area (Å²) in [4.78, 5) is 4.65. The molecule has 0 aliphatic heterocycles. The topological polar surface area (TPSA) is 76.4 Å². The average molecular weight is 358 g/mol. The zero-order chi connectivity index (χ0) is 18.8. The van der Waals surface area contributed by atoms with Gasteiger partial charge in [-0.3, -0.25) is 0 Å². The molecule has 0 atom stereocenters. The third-order valence-electron chi connectivity index (χ3n) is 4.26. The molecule has 0 bridgehead atoms. The molecule has 0 saturated heterocycles. The molecular weight excluding hydrogens is 328 g/mol. The number of nitrogens with zero attached hydrogens (tertiary/aromatic N) is 4. The van der Waals surface area contributed by atoms with Crippen LogP contribution >= 0.6 is 0 Å². The molecule has 0 saturated carbocycles. The number of hydrogen-bond acceptors (Lipinski definition) is 4. The van der Waals surface area contributed by atoms with Crippen LogP contribution in [-0.2, 0) is 20.0 Å². The molecule has 2 rings (SSSR count). The summed E-state index contributed by atoms with van der Waals surface area (Å²) in [5, 5.41) is 15.0. The maximum Gasteiger partial charge on any atom is 0.191 e. The Labute approximate surface area is 155 Å². The van der Waals surface area contributed by atoms with Crippen molar-refractivity contribution in [2.24, 2.45) is 12.0 Å². The molecule has 0 radical (unpaired) electrons. The molecule has 0 fully saturated rings. The van der Waals surface area contributed by atoms with Gasteiger partial charge in [0.25, 0.3) is 0 Å². The number of ether oxygens (including phenoxy) is 1. The summed E-state index contributed by atoms with van der Waals surface area (Å²) in [5.41, 5.74) is 1.18.